The van der Waals surface area contributed by atoms with E-state index in [4.69, 9.17) is 4.98 Å². The van der Waals surface area contributed by atoms with Gasteiger partial charge < -0.3 is 5.32 Å². The highest BCUT2D eigenvalue weighted by Crippen LogP contribution is 2.34. The summed E-state index contributed by atoms with van der Waals surface area (Å²) < 4.78 is 2.22. The number of fused-ring (bicyclic) bond motifs is 1. The SMILES string of the molecule is Cc1cccc(-c2nc3cc(C)cc(C)n3c2Nc2c(C)cccc2C)c1. The van der Waals surface area contributed by atoms with Crippen molar-refractivity contribution < 1.29 is 0 Å². The molecule has 0 aliphatic heterocycles. The molecule has 0 radical (unpaired) electrons. The molecule has 0 atom stereocenters. The van der Waals surface area contributed by atoms with E-state index in [0.717, 1.165) is 28.4 Å². The van der Waals surface area contributed by atoms with E-state index in [0.29, 0.717) is 0 Å². The van der Waals surface area contributed by atoms with Gasteiger partial charge in [-0.05, 0) is 69.5 Å². The van der Waals surface area contributed by atoms with Crippen LogP contribution in [0.2, 0.25) is 0 Å². The number of benzene rings is 2. The first kappa shape index (κ1) is 17.3. The molecule has 2 aromatic heterocycles. The minimum atomic E-state index is 0.970. The van der Waals surface area contributed by atoms with Crippen molar-refractivity contribution in [2.75, 3.05) is 5.32 Å². The minimum Gasteiger partial charge on any atom is -0.339 e. The Hall–Kier alpha value is -3.07. The molecule has 0 amide bonds. The van der Waals surface area contributed by atoms with Gasteiger partial charge in [-0.3, -0.25) is 4.40 Å². The summed E-state index contributed by atoms with van der Waals surface area (Å²) in [6, 6.07) is 19.3. The molecule has 0 saturated carbocycles. The molecule has 4 aromatic rings. The summed E-state index contributed by atoms with van der Waals surface area (Å²) in [6.07, 6.45) is 0. The third kappa shape index (κ3) is 3.10. The van der Waals surface area contributed by atoms with E-state index >= 15 is 0 Å². The second-order valence-electron chi connectivity index (χ2n) is 7.44. The number of imidazole rings is 1. The van der Waals surface area contributed by atoms with Crippen LogP contribution in [0.5, 0.6) is 0 Å². The Kier molecular flexibility index (Phi) is 4.23. The molecule has 2 aromatic carbocycles. The maximum absolute atomic E-state index is 5.00. The number of hydrogen-bond donors (Lipinski definition) is 1. The van der Waals surface area contributed by atoms with Crippen LogP contribution in [0.4, 0.5) is 11.5 Å². The Bertz CT molecular complexity index is 1130. The molecule has 0 spiro atoms. The number of pyridine rings is 1. The molecule has 0 fully saturated rings. The van der Waals surface area contributed by atoms with Gasteiger partial charge in [-0.1, -0.05) is 42.0 Å². The molecule has 1 N–H and O–H groups in total. The summed E-state index contributed by atoms with van der Waals surface area (Å²) in [6.45, 7) is 10.7. The lowest BCUT2D eigenvalue weighted by molar-refractivity contribution is 1.08. The number of hydrogen-bond acceptors (Lipinski definition) is 2. The molecule has 3 nitrogen and oxygen atoms in total. The highest BCUT2D eigenvalue weighted by atomic mass is 15.1. The number of para-hydroxylation sites is 1. The van der Waals surface area contributed by atoms with Crippen LogP contribution in [-0.2, 0) is 0 Å². The van der Waals surface area contributed by atoms with Crippen LogP contribution in [0, 0.1) is 34.6 Å². The van der Waals surface area contributed by atoms with Crippen LogP contribution in [0.1, 0.15) is 27.9 Å². The van der Waals surface area contributed by atoms with Crippen molar-refractivity contribution in [1.82, 2.24) is 9.38 Å². The van der Waals surface area contributed by atoms with Crippen molar-refractivity contribution in [2.45, 2.75) is 34.6 Å². The van der Waals surface area contributed by atoms with Crippen molar-refractivity contribution in [3.63, 3.8) is 0 Å². The van der Waals surface area contributed by atoms with Gasteiger partial charge in [0.05, 0.1) is 0 Å². The average Bonchev–Trinajstić information content (AvgIpc) is 2.96. The Labute approximate surface area is 160 Å². The Morgan fingerprint density at radius 1 is 0.778 bits per heavy atom. The Morgan fingerprint density at radius 2 is 1.48 bits per heavy atom. The first-order chi connectivity index (χ1) is 12.9. The average molecular weight is 355 g/mol. The summed E-state index contributed by atoms with van der Waals surface area (Å²) in [5, 5.41) is 3.71. The van der Waals surface area contributed by atoms with Gasteiger partial charge in [0, 0.05) is 16.9 Å². The molecular formula is C24H25N3. The maximum atomic E-state index is 5.00. The second-order valence-corrected chi connectivity index (χ2v) is 7.44. The van der Waals surface area contributed by atoms with Crippen LogP contribution < -0.4 is 5.32 Å². The highest BCUT2D eigenvalue weighted by molar-refractivity contribution is 5.81. The van der Waals surface area contributed by atoms with E-state index in [-0.39, 0.29) is 0 Å². The van der Waals surface area contributed by atoms with E-state index in [1.165, 1.54) is 27.9 Å². The van der Waals surface area contributed by atoms with Crippen LogP contribution in [0.25, 0.3) is 16.9 Å². The lowest BCUT2D eigenvalue weighted by Gasteiger charge is -2.15. The van der Waals surface area contributed by atoms with Gasteiger partial charge in [0.25, 0.3) is 0 Å². The zero-order chi connectivity index (χ0) is 19.1. The number of nitrogens with zero attached hydrogens (tertiary/aromatic N) is 2. The fraction of sp³-hybridized carbons (Fsp3) is 0.208. The largest absolute Gasteiger partial charge is 0.339 e. The Balaban J connectivity index is 2.00. The van der Waals surface area contributed by atoms with Gasteiger partial charge in [-0.15, -0.1) is 0 Å². The fourth-order valence-corrected chi connectivity index (χ4v) is 3.77. The molecular weight excluding hydrogens is 330 g/mol. The van der Waals surface area contributed by atoms with Gasteiger partial charge in [-0.25, -0.2) is 4.98 Å². The maximum Gasteiger partial charge on any atom is 0.143 e. The van der Waals surface area contributed by atoms with Gasteiger partial charge in [0.15, 0.2) is 0 Å². The van der Waals surface area contributed by atoms with Crippen LogP contribution in [-0.4, -0.2) is 9.38 Å². The fourth-order valence-electron chi connectivity index (χ4n) is 3.77. The van der Waals surface area contributed by atoms with Crippen molar-refractivity contribution in [3.05, 3.63) is 82.5 Å². The summed E-state index contributed by atoms with van der Waals surface area (Å²) >= 11 is 0. The molecule has 4 rings (SSSR count). The van der Waals surface area contributed by atoms with Gasteiger partial charge in [0.1, 0.15) is 17.2 Å². The van der Waals surface area contributed by atoms with Crippen molar-refractivity contribution >= 4 is 17.2 Å². The number of aromatic nitrogens is 2. The lowest BCUT2D eigenvalue weighted by atomic mass is 10.1. The summed E-state index contributed by atoms with van der Waals surface area (Å²) in [5.74, 6) is 1.02. The predicted octanol–water partition coefficient (Wildman–Crippen LogP) is 6.29. The molecule has 27 heavy (non-hydrogen) atoms. The number of rotatable bonds is 3. The second kappa shape index (κ2) is 6.58. The van der Waals surface area contributed by atoms with Crippen LogP contribution in [0.15, 0.2) is 54.6 Å². The number of aryl methyl sites for hydroxylation is 5. The highest BCUT2D eigenvalue weighted by Gasteiger charge is 2.17. The number of nitrogens with one attached hydrogen (secondary N) is 1. The normalized spacial score (nSPS) is 11.1. The summed E-state index contributed by atoms with van der Waals surface area (Å²) in [7, 11) is 0. The first-order valence-corrected chi connectivity index (χ1v) is 9.34. The van der Waals surface area contributed by atoms with E-state index in [9.17, 15) is 0 Å². The smallest absolute Gasteiger partial charge is 0.143 e. The molecule has 136 valence electrons. The summed E-state index contributed by atoms with van der Waals surface area (Å²) in [5.41, 5.74) is 10.3. The van der Waals surface area contributed by atoms with Crippen molar-refractivity contribution in [1.29, 1.82) is 0 Å². The van der Waals surface area contributed by atoms with Crippen molar-refractivity contribution in [3.8, 4) is 11.3 Å². The third-order valence-electron chi connectivity index (χ3n) is 5.07. The monoisotopic (exact) mass is 355 g/mol. The minimum absolute atomic E-state index is 0.970. The van der Waals surface area contributed by atoms with Crippen molar-refractivity contribution in [2.24, 2.45) is 0 Å². The molecule has 0 aliphatic carbocycles. The quantitative estimate of drug-likeness (QED) is 0.468. The van der Waals surface area contributed by atoms with Gasteiger partial charge in [0.2, 0.25) is 0 Å². The van der Waals surface area contributed by atoms with E-state index in [2.05, 4.69) is 98.9 Å². The Morgan fingerprint density at radius 3 is 2.19 bits per heavy atom. The topological polar surface area (TPSA) is 29.3 Å². The van der Waals surface area contributed by atoms with E-state index < -0.39 is 0 Å². The standard InChI is InChI=1S/C24H25N3/c1-15-8-6-11-20(13-15)23-24(26-22-17(3)9-7-10-18(22)4)27-19(5)12-16(2)14-21(27)25-23/h6-14,26H,1-5H3. The van der Waals surface area contributed by atoms with E-state index in [1.54, 1.807) is 0 Å². The molecule has 0 bridgehead atoms. The molecule has 0 saturated heterocycles. The zero-order valence-corrected chi connectivity index (χ0v) is 16.6. The van der Waals surface area contributed by atoms with Gasteiger partial charge in [-0.2, -0.15) is 0 Å². The van der Waals surface area contributed by atoms with Crippen LogP contribution >= 0.6 is 0 Å². The lowest BCUT2D eigenvalue weighted by Crippen LogP contribution is -2.02. The molecule has 2 heterocycles. The molecule has 0 aliphatic rings. The van der Waals surface area contributed by atoms with Gasteiger partial charge >= 0.3 is 0 Å². The number of anilines is 2. The molecule has 0 unspecified atom stereocenters. The van der Waals surface area contributed by atoms with E-state index in [1.807, 2.05) is 0 Å². The molecule has 3 heteroatoms. The third-order valence-corrected chi connectivity index (χ3v) is 5.07. The summed E-state index contributed by atoms with van der Waals surface area (Å²) in [4.78, 5) is 5.00. The zero-order valence-electron chi connectivity index (χ0n) is 16.6. The first-order valence-electron chi connectivity index (χ1n) is 9.34. The predicted molar refractivity (Wildman–Crippen MR) is 114 cm³/mol. The van der Waals surface area contributed by atoms with Crippen LogP contribution in [0.3, 0.4) is 0 Å².